The maximum absolute atomic E-state index is 11.7. The van der Waals surface area contributed by atoms with E-state index in [1.165, 1.54) is 37.7 Å². The molecule has 42 heavy (non-hydrogen) atoms. The van der Waals surface area contributed by atoms with Crippen LogP contribution in [-0.2, 0) is 4.79 Å². The van der Waals surface area contributed by atoms with Crippen LogP contribution in [0.3, 0.4) is 0 Å². The Morgan fingerprint density at radius 2 is 1.55 bits per heavy atom. The predicted octanol–water partition coefficient (Wildman–Crippen LogP) is 10.6. The number of H-pyrrole nitrogens is 1. The van der Waals surface area contributed by atoms with E-state index in [0.717, 1.165) is 51.2 Å². The van der Waals surface area contributed by atoms with E-state index in [9.17, 15) is 4.79 Å². The lowest BCUT2D eigenvalue weighted by atomic mass is 9.80. The number of allylic oxidation sites excluding steroid dienone is 3. The van der Waals surface area contributed by atoms with Crippen LogP contribution >= 0.6 is 0 Å². The maximum Gasteiger partial charge on any atom is 0.161 e. The van der Waals surface area contributed by atoms with Gasteiger partial charge in [-0.3, -0.25) is 9.89 Å². The Labute approximate surface area is 256 Å². The lowest BCUT2D eigenvalue weighted by molar-refractivity contribution is -0.113. The Kier molecular flexibility index (Phi) is 16.4. The molecule has 0 amide bonds. The number of fused-ring (bicyclic) bond motifs is 1. The predicted molar refractivity (Wildman–Crippen MR) is 184 cm³/mol. The van der Waals surface area contributed by atoms with Gasteiger partial charge in [0.15, 0.2) is 11.4 Å². The minimum absolute atomic E-state index is 0.00968. The number of carbonyl (C=O) groups is 1. The van der Waals surface area contributed by atoms with Crippen molar-refractivity contribution in [1.82, 2.24) is 15.2 Å². The van der Waals surface area contributed by atoms with Crippen LogP contribution in [0.1, 0.15) is 94.4 Å². The highest BCUT2D eigenvalue weighted by atomic mass is 16.1. The van der Waals surface area contributed by atoms with E-state index < -0.39 is 0 Å². The molecule has 2 heterocycles. The third kappa shape index (κ3) is 13.0. The lowest BCUT2D eigenvalue weighted by Crippen LogP contribution is -2.12. The minimum atomic E-state index is 0.00968. The fourth-order valence-corrected chi connectivity index (χ4v) is 4.41. The van der Waals surface area contributed by atoms with Crippen molar-refractivity contribution in [2.24, 2.45) is 17.8 Å². The highest BCUT2D eigenvalue weighted by Crippen LogP contribution is 2.31. The summed E-state index contributed by atoms with van der Waals surface area (Å²) >= 11 is 0. The van der Waals surface area contributed by atoms with Crippen molar-refractivity contribution in [3.63, 3.8) is 0 Å². The molecule has 0 aliphatic heterocycles. The summed E-state index contributed by atoms with van der Waals surface area (Å²) in [5.41, 5.74) is 6.65. The van der Waals surface area contributed by atoms with Crippen LogP contribution in [0.25, 0.3) is 22.2 Å². The number of nitrogens with zero attached hydrogens (tertiary/aromatic N) is 3. The maximum atomic E-state index is 11.7. The molecule has 230 valence electrons. The van der Waals surface area contributed by atoms with Crippen molar-refractivity contribution in [3.05, 3.63) is 78.8 Å². The van der Waals surface area contributed by atoms with Crippen LogP contribution < -0.4 is 4.90 Å². The highest BCUT2D eigenvalue weighted by Gasteiger charge is 2.17. The summed E-state index contributed by atoms with van der Waals surface area (Å²) in [6, 6.07) is 10.2. The standard InChI is InChI=1S/C20H20N4O.C10H18.C4H10.C3H8/c1-13(2)19(14(3)25)12-24(4)18-7-5-15(6-8-18)16-9-17-11-22-23-20(17)21-10-16;1-8(2)10-6-4-9(3)5-7-10;1-4(2)3;1-3-2/h5-12H,1H2,2-4H3,(H,21,22,23);9-10H,1,4-7H2,2-3H3;4H,1-3H3;3H2,1-2H3/b19-12+;;;. The van der Waals surface area contributed by atoms with Crippen molar-refractivity contribution in [3.8, 4) is 11.1 Å². The number of anilines is 1. The fraction of sp³-hybridized carbons (Fsp3) is 0.486. The van der Waals surface area contributed by atoms with Gasteiger partial charge in [0.05, 0.1) is 6.20 Å². The quantitative estimate of drug-likeness (QED) is 0.181. The van der Waals surface area contributed by atoms with E-state index in [1.54, 1.807) is 13.1 Å². The number of Topliss-reactive ketones (excluding diaryl/α,β-unsaturated/α-hetero) is 1. The van der Waals surface area contributed by atoms with Gasteiger partial charge in [0.2, 0.25) is 0 Å². The molecule has 1 aliphatic carbocycles. The van der Waals surface area contributed by atoms with Crippen molar-refractivity contribution < 1.29 is 4.79 Å². The van der Waals surface area contributed by atoms with Crippen LogP contribution in [0, 0.1) is 17.8 Å². The summed E-state index contributed by atoms with van der Waals surface area (Å²) < 4.78 is 0. The van der Waals surface area contributed by atoms with E-state index in [0.29, 0.717) is 5.57 Å². The first-order valence-electron chi connectivity index (χ1n) is 15.5. The number of nitrogens with one attached hydrogen (secondary N) is 1. The summed E-state index contributed by atoms with van der Waals surface area (Å²) in [4.78, 5) is 18.0. The molecule has 0 atom stereocenters. The normalized spacial score (nSPS) is 16.2. The SMILES string of the molecule is C=C(C)/C(=C\N(C)c1ccc(-c2cnc3[nH]ncc3c2)cc1)C(C)=O.C=C(C)C1CCC(C)CC1.CC(C)C.CCC. The summed E-state index contributed by atoms with van der Waals surface area (Å²) in [5, 5.41) is 7.82. The highest BCUT2D eigenvalue weighted by molar-refractivity contribution is 5.97. The molecule has 1 fully saturated rings. The van der Waals surface area contributed by atoms with E-state index >= 15 is 0 Å². The van der Waals surface area contributed by atoms with Gasteiger partial charge in [-0.15, -0.1) is 0 Å². The summed E-state index contributed by atoms with van der Waals surface area (Å²) in [5.74, 6) is 2.65. The summed E-state index contributed by atoms with van der Waals surface area (Å²) in [6.07, 6.45) is 12.3. The monoisotopic (exact) mass is 572 g/mol. The van der Waals surface area contributed by atoms with Gasteiger partial charge in [0.25, 0.3) is 0 Å². The Bertz CT molecular complexity index is 1260. The second-order valence-electron chi connectivity index (χ2n) is 12.3. The summed E-state index contributed by atoms with van der Waals surface area (Å²) in [6.45, 7) is 26.5. The molecule has 0 unspecified atom stereocenters. The van der Waals surface area contributed by atoms with Gasteiger partial charge in [-0.05, 0) is 80.7 Å². The van der Waals surface area contributed by atoms with Gasteiger partial charge in [0, 0.05) is 41.7 Å². The number of ketones is 1. The zero-order valence-corrected chi connectivity index (χ0v) is 28.1. The Morgan fingerprint density at radius 3 is 2.02 bits per heavy atom. The first kappa shape index (κ1) is 36.6. The minimum Gasteiger partial charge on any atom is -0.350 e. The third-order valence-electron chi connectivity index (χ3n) is 6.77. The molecule has 2 aromatic heterocycles. The Morgan fingerprint density at radius 1 is 1.00 bits per heavy atom. The summed E-state index contributed by atoms with van der Waals surface area (Å²) in [7, 11) is 1.92. The Hall–Kier alpha value is -3.47. The second-order valence-corrected chi connectivity index (χ2v) is 12.3. The van der Waals surface area contributed by atoms with Gasteiger partial charge < -0.3 is 4.90 Å². The number of rotatable bonds is 6. The molecule has 1 aromatic carbocycles. The molecule has 5 nitrogen and oxygen atoms in total. The Balaban J connectivity index is 0.000000427. The smallest absolute Gasteiger partial charge is 0.161 e. The van der Waals surface area contributed by atoms with Crippen molar-refractivity contribution in [2.75, 3.05) is 11.9 Å². The molecule has 0 bridgehead atoms. The van der Waals surface area contributed by atoms with Crippen LogP contribution in [0.15, 0.2) is 78.8 Å². The topological polar surface area (TPSA) is 61.9 Å². The average molecular weight is 573 g/mol. The van der Waals surface area contributed by atoms with Crippen molar-refractivity contribution >= 4 is 22.5 Å². The largest absolute Gasteiger partial charge is 0.350 e. The molecule has 0 radical (unpaired) electrons. The van der Waals surface area contributed by atoms with Crippen LogP contribution in [0.5, 0.6) is 0 Å². The third-order valence-corrected chi connectivity index (χ3v) is 6.77. The van der Waals surface area contributed by atoms with Crippen LogP contribution in [-0.4, -0.2) is 28.0 Å². The molecule has 1 N–H and O–H groups in total. The van der Waals surface area contributed by atoms with Gasteiger partial charge in [-0.25, -0.2) is 4.98 Å². The average Bonchev–Trinajstić information content (AvgIpc) is 3.40. The first-order valence-corrected chi connectivity index (χ1v) is 15.5. The van der Waals surface area contributed by atoms with Gasteiger partial charge in [-0.2, -0.15) is 5.10 Å². The zero-order valence-electron chi connectivity index (χ0n) is 28.1. The van der Waals surface area contributed by atoms with E-state index in [-0.39, 0.29) is 5.78 Å². The number of pyridine rings is 1. The molecule has 0 spiro atoms. The molecule has 4 rings (SSSR count). The van der Waals surface area contributed by atoms with E-state index in [4.69, 9.17) is 0 Å². The van der Waals surface area contributed by atoms with Gasteiger partial charge >= 0.3 is 0 Å². The molecule has 1 aliphatic rings. The van der Waals surface area contributed by atoms with E-state index in [1.807, 2.05) is 55.5 Å². The van der Waals surface area contributed by atoms with Crippen LogP contribution in [0.4, 0.5) is 5.69 Å². The van der Waals surface area contributed by atoms with Crippen molar-refractivity contribution in [2.45, 2.75) is 94.4 Å². The van der Waals surface area contributed by atoms with Crippen molar-refractivity contribution in [1.29, 1.82) is 0 Å². The number of benzene rings is 1. The number of aromatic nitrogens is 3. The number of carbonyl (C=O) groups excluding carboxylic acids is 1. The molecule has 1 saturated carbocycles. The van der Waals surface area contributed by atoms with E-state index in [2.05, 4.69) is 82.9 Å². The number of hydrogen-bond donors (Lipinski definition) is 1. The molecular formula is C37H56N4O. The van der Waals surface area contributed by atoms with Crippen LogP contribution in [0.2, 0.25) is 0 Å². The number of aromatic amines is 1. The number of hydrogen-bond acceptors (Lipinski definition) is 4. The fourth-order valence-electron chi connectivity index (χ4n) is 4.41. The molecule has 0 saturated heterocycles. The van der Waals surface area contributed by atoms with Gasteiger partial charge in [0.1, 0.15) is 0 Å². The first-order chi connectivity index (χ1) is 19.8. The molecule has 5 heteroatoms. The second kappa shape index (κ2) is 18.9. The molecule has 3 aromatic rings. The molecular weight excluding hydrogens is 516 g/mol. The van der Waals surface area contributed by atoms with Gasteiger partial charge in [-0.1, -0.05) is 91.7 Å². The lowest BCUT2D eigenvalue weighted by Gasteiger charge is -2.26. The zero-order chi connectivity index (χ0) is 31.8.